The predicted molar refractivity (Wildman–Crippen MR) is 57.2 cm³/mol. The van der Waals surface area contributed by atoms with Crippen LogP contribution in [0.5, 0.6) is 0 Å². The SMILES string of the molecule is CC(C)(CN1CCCC1)n1ccnc1. The number of hydrogen-bond donors (Lipinski definition) is 0. The summed E-state index contributed by atoms with van der Waals surface area (Å²) in [5.41, 5.74) is 0.167. The summed E-state index contributed by atoms with van der Waals surface area (Å²) < 4.78 is 2.20. The van der Waals surface area contributed by atoms with Crippen LogP contribution in [0.25, 0.3) is 0 Å². The van der Waals surface area contributed by atoms with Gasteiger partial charge < -0.3 is 9.47 Å². The van der Waals surface area contributed by atoms with Crippen molar-refractivity contribution in [3.05, 3.63) is 18.7 Å². The van der Waals surface area contributed by atoms with Gasteiger partial charge in [-0.15, -0.1) is 0 Å². The molecule has 1 fully saturated rings. The molecule has 78 valence electrons. The van der Waals surface area contributed by atoms with Gasteiger partial charge in [0.1, 0.15) is 0 Å². The maximum atomic E-state index is 4.11. The maximum Gasteiger partial charge on any atom is 0.0951 e. The molecule has 0 unspecified atom stereocenters. The third kappa shape index (κ3) is 1.98. The van der Waals surface area contributed by atoms with Crippen molar-refractivity contribution in [1.29, 1.82) is 0 Å². The van der Waals surface area contributed by atoms with Crippen molar-refractivity contribution in [2.24, 2.45) is 0 Å². The van der Waals surface area contributed by atoms with Crippen molar-refractivity contribution in [2.45, 2.75) is 32.2 Å². The Morgan fingerprint density at radius 1 is 1.29 bits per heavy atom. The summed E-state index contributed by atoms with van der Waals surface area (Å²) >= 11 is 0. The van der Waals surface area contributed by atoms with E-state index >= 15 is 0 Å². The van der Waals surface area contributed by atoms with Gasteiger partial charge in [-0.1, -0.05) is 0 Å². The number of nitrogens with zero attached hydrogens (tertiary/aromatic N) is 3. The molecule has 0 N–H and O–H groups in total. The van der Waals surface area contributed by atoms with E-state index in [1.165, 1.54) is 25.9 Å². The molecular weight excluding hydrogens is 174 g/mol. The number of rotatable bonds is 3. The van der Waals surface area contributed by atoms with Gasteiger partial charge in [0.2, 0.25) is 0 Å². The van der Waals surface area contributed by atoms with E-state index in [9.17, 15) is 0 Å². The van der Waals surface area contributed by atoms with Crippen LogP contribution in [0.15, 0.2) is 18.7 Å². The van der Waals surface area contributed by atoms with E-state index in [1.807, 2.05) is 12.5 Å². The van der Waals surface area contributed by atoms with E-state index < -0.39 is 0 Å². The van der Waals surface area contributed by atoms with E-state index in [4.69, 9.17) is 0 Å². The summed E-state index contributed by atoms with van der Waals surface area (Å²) in [5, 5.41) is 0. The van der Waals surface area contributed by atoms with Crippen LogP contribution in [0.1, 0.15) is 26.7 Å². The van der Waals surface area contributed by atoms with Crippen molar-refractivity contribution in [3.8, 4) is 0 Å². The molecule has 3 nitrogen and oxygen atoms in total. The first kappa shape index (κ1) is 9.71. The fraction of sp³-hybridized carbons (Fsp3) is 0.727. The highest BCUT2D eigenvalue weighted by molar-refractivity contribution is 4.88. The first-order valence-electron chi connectivity index (χ1n) is 5.39. The van der Waals surface area contributed by atoms with Gasteiger partial charge in [-0.25, -0.2) is 4.98 Å². The molecule has 1 aromatic heterocycles. The number of hydrogen-bond acceptors (Lipinski definition) is 2. The number of aromatic nitrogens is 2. The zero-order valence-electron chi connectivity index (χ0n) is 9.11. The van der Waals surface area contributed by atoms with Gasteiger partial charge in [0, 0.05) is 18.9 Å². The van der Waals surface area contributed by atoms with Gasteiger partial charge >= 0.3 is 0 Å². The molecule has 1 saturated heterocycles. The quantitative estimate of drug-likeness (QED) is 0.728. The van der Waals surface area contributed by atoms with Gasteiger partial charge in [-0.2, -0.15) is 0 Å². The zero-order chi connectivity index (χ0) is 10.0. The minimum Gasteiger partial charge on any atom is -0.331 e. The molecule has 0 atom stereocenters. The van der Waals surface area contributed by atoms with Gasteiger partial charge in [0.05, 0.1) is 11.9 Å². The predicted octanol–water partition coefficient (Wildman–Crippen LogP) is 1.71. The fourth-order valence-corrected chi connectivity index (χ4v) is 2.19. The third-order valence-corrected chi connectivity index (χ3v) is 3.01. The first-order valence-corrected chi connectivity index (χ1v) is 5.39. The molecule has 0 spiro atoms. The van der Waals surface area contributed by atoms with E-state index in [0.29, 0.717) is 0 Å². The van der Waals surface area contributed by atoms with Crippen LogP contribution >= 0.6 is 0 Å². The molecule has 0 aliphatic carbocycles. The second-order valence-electron chi connectivity index (χ2n) is 4.77. The summed E-state index contributed by atoms with van der Waals surface area (Å²) in [6.07, 6.45) is 8.54. The second kappa shape index (κ2) is 3.73. The van der Waals surface area contributed by atoms with Crippen LogP contribution < -0.4 is 0 Å². The van der Waals surface area contributed by atoms with Gasteiger partial charge in [0.25, 0.3) is 0 Å². The maximum absolute atomic E-state index is 4.11. The molecule has 0 radical (unpaired) electrons. The lowest BCUT2D eigenvalue weighted by molar-refractivity contribution is 0.211. The van der Waals surface area contributed by atoms with Crippen molar-refractivity contribution in [3.63, 3.8) is 0 Å². The summed E-state index contributed by atoms with van der Waals surface area (Å²) in [5.74, 6) is 0. The standard InChI is InChI=1S/C11H19N3/c1-11(2,14-8-5-12-10-14)9-13-6-3-4-7-13/h5,8,10H,3-4,6-7,9H2,1-2H3. The van der Waals surface area contributed by atoms with Gasteiger partial charge in [-0.05, 0) is 39.8 Å². The average Bonchev–Trinajstić information content (AvgIpc) is 2.71. The van der Waals surface area contributed by atoms with E-state index in [-0.39, 0.29) is 5.54 Å². The lowest BCUT2D eigenvalue weighted by atomic mass is 10.1. The van der Waals surface area contributed by atoms with Gasteiger partial charge in [-0.3, -0.25) is 0 Å². The fourth-order valence-electron chi connectivity index (χ4n) is 2.19. The summed E-state index contributed by atoms with van der Waals surface area (Å²) in [6.45, 7) is 8.19. The molecule has 0 saturated carbocycles. The first-order chi connectivity index (χ1) is 6.68. The number of likely N-dealkylation sites (tertiary alicyclic amines) is 1. The molecular formula is C11H19N3. The molecule has 3 heteroatoms. The van der Waals surface area contributed by atoms with Crippen LogP contribution in [0.2, 0.25) is 0 Å². The third-order valence-electron chi connectivity index (χ3n) is 3.01. The number of imidazole rings is 1. The summed E-state index contributed by atoms with van der Waals surface area (Å²) in [7, 11) is 0. The van der Waals surface area contributed by atoms with Crippen molar-refractivity contribution < 1.29 is 0 Å². The van der Waals surface area contributed by atoms with Crippen molar-refractivity contribution in [2.75, 3.05) is 19.6 Å². The minimum atomic E-state index is 0.167. The Morgan fingerprint density at radius 2 is 2.00 bits per heavy atom. The topological polar surface area (TPSA) is 21.1 Å². The van der Waals surface area contributed by atoms with E-state index in [0.717, 1.165) is 6.54 Å². The Hall–Kier alpha value is -0.830. The van der Waals surface area contributed by atoms with Crippen LogP contribution in [-0.2, 0) is 5.54 Å². The Bertz CT molecular complexity index is 271. The average molecular weight is 193 g/mol. The van der Waals surface area contributed by atoms with Crippen molar-refractivity contribution >= 4 is 0 Å². The minimum absolute atomic E-state index is 0.167. The molecule has 1 aliphatic rings. The van der Waals surface area contributed by atoms with Crippen LogP contribution in [-0.4, -0.2) is 34.1 Å². The summed E-state index contributed by atoms with van der Waals surface area (Å²) in [4.78, 5) is 6.65. The highest BCUT2D eigenvalue weighted by Gasteiger charge is 2.24. The van der Waals surface area contributed by atoms with Crippen molar-refractivity contribution in [1.82, 2.24) is 14.5 Å². The van der Waals surface area contributed by atoms with E-state index in [1.54, 1.807) is 0 Å². The lowest BCUT2D eigenvalue weighted by Crippen LogP contribution is -2.39. The highest BCUT2D eigenvalue weighted by atomic mass is 15.2. The molecule has 0 amide bonds. The smallest absolute Gasteiger partial charge is 0.0951 e. The van der Waals surface area contributed by atoms with Crippen LogP contribution in [0.4, 0.5) is 0 Å². The van der Waals surface area contributed by atoms with Crippen LogP contribution in [0, 0.1) is 0 Å². The van der Waals surface area contributed by atoms with E-state index in [2.05, 4.69) is 34.5 Å². The second-order valence-corrected chi connectivity index (χ2v) is 4.77. The van der Waals surface area contributed by atoms with Crippen LogP contribution in [0.3, 0.4) is 0 Å². The van der Waals surface area contributed by atoms with Gasteiger partial charge in [0.15, 0.2) is 0 Å². The molecule has 1 aromatic rings. The molecule has 1 aliphatic heterocycles. The zero-order valence-corrected chi connectivity index (χ0v) is 9.11. The molecule has 0 bridgehead atoms. The molecule has 2 heterocycles. The largest absolute Gasteiger partial charge is 0.331 e. The monoisotopic (exact) mass is 193 g/mol. The Labute approximate surface area is 85.7 Å². The normalized spacial score (nSPS) is 19.0. The summed E-state index contributed by atoms with van der Waals surface area (Å²) in [6, 6.07) is 0. The lowest BCUT2D eigenvalue weighted by Gasteiger charge is -2.31. The molecule has 14 heavy (non-hydrogen) atoms. The Balaban J connectivity index is 2.01. The molecule has 0 aromatic carbocycles. The Morgan fingerprint density at radius 3 is 2.57 bits per heavy atom. The highest BCUT2D eigenvalue weighted by Crippen LogP contribution is 2.19. The Kier molecular flexibility index (Phi) is 2.59. The molecule has 2 rings (SSSR count).